The molecule has 0 spiro atoms. The van der Waals surface area contributed by atoms with Crippen molar-refractivity contribution in [1.29, 1.82) is 0 Å². The Hall–Kier alpha value is -1.43. The Morgan fingerprint density at radius 1 is 1.40 bits per heavy atom. The van der Waals surface area contributed by atoms with E-state index in [1.54, 1.807) is 17.5 Å². The summed E-state index contributed by atoms with van der Waals surface area (Å²) in [5.74, 6) is -0.482. The van der Waals surface area contributed by atoms with Crippen LogP contribution in [0.5, 0.6) is 0 Å². The number of aromatic nitrogens is 1. The molecular weight excluding hydrogens is 274 g/mol. The molecule has 0 saturated heterocycles. The first kappa shape index (κ1) is 15.0. The predicted molar refractivity (Wildman–Crippen MR) is 78.1 cm³/mol. The molecule has 6 heteroatoms. The lowest BCUT2D eigenvalue weighted by Gasteiger charge is -2.29. The summed E-state index contributed by atoms with van der Waals surface area (Å²) in [5, 5.41) is 5.97. The van der Waals surface area contributed by atoms with Crippen LogP contribution in [0.2, 0.25) is 0 Å². The van der Waals surface area contributed by atoms with Crippen molar-refractivity contribution in [3.63, 3.8) is 0 Å². The maximum atomic E-state index is 11.9. The third kappa shape index (κ3) is 4.30. The zero-order chi connectivity index (χ0) is 14.4. The van der Waals surface area contributed by atoms with Gasteiger partial charge < -0.3 is 11.1 Å². The van der Waals surface area contributed by atoms with Crippen LogP contribution in [-0.4, -0.2) is 22.8 Å². The lowest BCUT2D eigenvalue weighted by Crippen LogP contribution is -2.47. The SMILES string of the molecule is NC(=O)C1CCCCC1NC(=O)CCCc1nccs1. The fourth-order valence-corrected chi connectivity index (χ4v) is 3.36. The Balaban J connectivity index is 1.73. The zero-order valence-electron chi connectivity index (χ0n) is 11.5. The zero-order valence-corrected chi connectivity index (χ0v) is 12.3. The monoisotopic (exact) mass is 295 g/mol. The number of amides is 2. The van der Waals surface area contributed by atoms with Crippen molar-refractivity contribution < 1.29 is 9.59 Å². The quantitative estimate of drug-likeness (QED) is 0.836. The number of hydrogen-bond donors (Lipinski definition) is 2. The largest absolute Gasteiger partial charge is 0.369 e. The number of nitrogens with zero attached hydrogens (tertiary/aromatic N) is 1. The standard InChI is InChI=1S/C14H21N3O2S/c15-14(19)10-4-1-2-5-11(10)17-12(18)6-3-7-13-16-8-9-20-13/h8-11H,1-7H2,(H2,15,19)(H,17,18). The predicted octanol–water partition coefficient (Wildman–Crippen LogP) is 1.63. The van der Waals surface area contributed by atoms with Crippen molar-refractivity contribution in [2.75, 3.05) is 0 Å². The van der Waals surface area contributed by atoms with Crippen LogP contribution in [0.4, 0.5) is 0 Å². The summed E-state index contributed by atoms with van der Waals surface area (Å²) < 4.78 is 0. The van der Waals surface area contributed by atoms with E-state index in [-0.39, 0.29) is 23.8 Å². The van der Waals surface area contributed by atoms with Crippen LogP contribution in [-0.2, 0) is 16.0 Å². The van der Waals surface area contributed by atoms with Gasteiger partial charge in [0, 0.05) is 24.0 Å². The molecule has 2 atom stereocenters. The van der Waals surface area contributed by atoms with Gasteiger partial charge in [-0.05, 0) is 25.7 Å². The van der Waals surface area contributed by atoms with Gasteiger partial charge in [-0.3, -0.25) is 9.59 Å². The number of nitrogens with one attached hydrogen (secondary N) is 1. The molecule has 2 rings (SSSR count). The second-order valence-corrected chi connectivity index (χ2v) is 6.23. The third-order valence-corrected chi connectivity index (χ3v) is 4.60. The van der Waals surface area contributed by atoms with E-state index in [1.807, 2.05) is 5.38 Å². The Bertz CT molecular complexity index is 447. The van der Waals surface area contributed by atoms with Crippen LogP contribution in [0.3, 0.4) is 0 Å². The smallest absolute Gasteiger partial charge is 0.222 e. The number of thiazole rings is 1. The number of nitrogens with two attached hydrogens (primary N) is 1. The minimum atomic E-state index is -0.294. The van der Waals surface area contributed by atoms with E-state index in [4.69, 9.17) is 5.73 Å². The molecule has 1 aromatic rings. The minimum Gasteiger partial charge on any atom is -0.369 e. The number of hydrogen-bond acceptors (Lipinski definition) is 4. The van der Waals surface area contributed by atoms with Gasteiger partial charge in [-0.2, -0.15) is 0 Å². The maximum Gasteiger partial charge on any atom is 0.222 e. The highest BCUT2D eigenvalue weighted by molar-refractivity contribution is 7.09. The van der Waals surface area contributed by atoms with E-state index in [2.05, 4.69) is 10.3 Å². The van der Waals surface area contributed by atoms with E-state index >= 15 is 0 Å². The maximum absolute atomic E-state index is 11.9. The molecule has 1 aromatic heterocycles. The molecule has 2 amide bonds. The van der Waals surface area contributed by atoms with Crippen LogP contribution in [0.1, 0.15) is 43.5 Å². The molecule has 1 saturated carbocycles. The molecule has 0 aromatic carbocycles. The first-order valence-corrected chi connectivity index (χ1v) is 8.02. The van der Waals surface area contributed by atoms with Gasteiger partial charge >= 0.3 is 0 Å². The molecular formula is C14H21N3O2S. The topological polar surface area (TPSA) is 85.1 Å². The molecule has 20 heavy (non-hydrogen) atoms. The van der Waals surface area contributed by atoms with Crippen LogP contribution < -0.4 is 11.1 Å². The van der Waals surface area contributed by atoms with Crippen LogP contribution in [0.15, 0.2) is 11.6 Å². The fourth-order valence-electron chi connectivity index (χ4n) is 2.70. The number of rotatable bonds is 6. The van der Waals surface area contributed by atoms with E-state index in [1.165, 1.54) is 0 Å². The summed E-state index contributed by atoms with van der Waals surface area (Å²) in [6, 6.07) is -0.0754. The highest BCUT2D eigenvalue weighted by Crippen LogP contribution is 2.24. The molecule has 0 bridgehead atoms. The summed E-state index contributed by atoms with van der Waals surface area (Å²) in [7, 11) is 0. The third-order valence-electron chi connectivity index (χ3n) is 3.76. The van der Waals surface area contributed by atoms with Crippen LogP contribution >= 0.6 is 11.3 Å². The normalized spacial score (nSPS) is 22.4. The van der Waals surface area contributed by atoms with E-state index < -0.39 is 0 Å². The van der Waals surface area contributed by atoms with Crippen molar-refractivity contribution in [2.24, 2.45) is 11.7 Å². The molecule has 1 aliphatic rings. The summed E-state index contributed by atoms with van der Waals surface area (Å²) in [6.45, 7) is 0. The molecule has 1 aliphatic carbocycles. The average Bonchev–Trinajstić information content (AvgIpc) is 2.92. The van der Waals surface area contributed by atoms with Crippen LogP contribution in [0.25, 0.3) is 0 Å². The van der Waals surface area contributed by atoms with Crippen molar-refractivity contribution in [1.82, 2.24) is 10.3 Å². The summed E-state index contributed by atoms with van der Waals surface area (Å²) in [5.41, 5.74) is 5.40. The molecule has 5 nitrogen and oxygen atoms in total. The van der Waals surface area contributed by atoms with Gasteiger partial charge in [-0.25, -0.2) is 4.98 Å². The van der Waals surface area contributed by atoms with E-state index in [0.717, 1.165) is 43.5 Å². The number of carbonyl (C=O) groups excluding carboxylic acids is 2. The molecule has 1 heterocycles. The second-order valence-electron chi connectivity index (χ2n) is 5.25. The number of primary amides is 1. The lowest BCUT2D eigenvalue weighted by molar-refractivity contribution is -0.126. The molecule has 0 aliphatic heterocycles. The Labute approximate surface area is 123 Å². The highest BCUT2D eigenvalue weighted by Gasteiger charge is 2.30. The first-order valence-electron chi connectivity index (χ1n) is 7.14. The van der Waals surface area contributed by atoms with Gasteiger partial charge in [0.05, 0.1) is 10.9 Å². The summed E-state index contributed by atoms with van der Waals surface area (Å²) >= 11 is 1.61. The van der Waals surface area contributed by atoms with Gasteiger partial charge in [-0.15, -0.1) is 11.3 Å². The fraction of sp³-hybridized carbons (Fsp3) is 0.643. The van der Waals surface area contributed by atoms with E-state index in [9.17, 15) is 9.59 Å². The van der Waals surface area contributed by atoms with Gasteiger partial charge in [-0.1, -0.05) is 12.8 Å². The lowest BCUT2D eigenvalue weighted by atomic mass is 9.84. The Morgan fingerprint density at radius 2 is 2.20 bits per heavy atom. The van der Waals surface area contributed by atoms with Crippen molar-refractivity contribution >= 4 is 23.2 Å². The van der Waals surface area contributed by atoms with Crippen LogP contribution in [0, 0.1) is 5.92 Å². The molecule has 0 radical (unpaired) electrons. The van der Waals surface area contributed by atoms with Gasteiger partial charge in [0.1, 0.15) is 0 Å². The minimum absolute atomic E-state index is 0.0136. The summed E-state index contributed by atoms with van der Waals surface area (Å²) in [6.07, 6.45) is 7.58. The molecule has 1 fully saturated rings. The highest BCUT2D eigenvalue weighted by atomic mass is 32.1. The molecule has 3 N–H and O–H groups in total. The van der Waals surface area contributed by atoms with Crippen molar-refractivity contribution in [3.8, 4) is 0 Å². The van der Waals surface area contributed by atoms with Crippen molar-refractivity contribution in [3.05, 3.63) is 16.6 Å². The average molecular weight is 295 g/mol. The first-order chi connectivity index (χ1) is 9.66. The Morgan fingerprint density at radius 3 is 2.90 bits per heavy atom. The molecule has 110 valence electrons. The second kappa shape index (κ2) is 7.38. The number of aryl methyl sites for hydroxylation is 1. The van der Waals surface area contributed by atoms with Crippen molar-refractivity contribution in [2.45, 2.75) is 51.0 Å². The Kier molecular flexibility index (Phi) is 5.52. The number of carbonyl (C=O) groups is 2. The van der Waals surface area contributed by atoms with Gasteiger partial charge in [0.25, 0.3) is 0 Å². The molecule has 2 unspecified atom stereocenters. The van der Waals surface area contributed by atoms with E-state index in [0.29, 0.717) is 6.42 Å². The summed E-state index contributed by atoms with van der Waals surface area (Å²) in [4.78, 5) is 27.5. The van der Waals surface area contributed by atoms with Gasteiger partial charge in [0.15, 0.2) is 0 Å². The van der Waals surface area contributed by atoms with Gasteiger partial charge in [0.2, 0.25) is 11.8 Å².